The monoisotopic (exact) mass is 444 g/mol. The quantitative estimate of drug-likeness (QED) is 0.632. The normalized spacial score (nSPS) is 17.7. The number of nitrogens with zero attached hydrogens (tertiary/aromatic N) is 3. The molecule has 1 saturated carbocycles. The van der Waals surface area contributed by atoms with Gasteiger partial charge in [0.05, 0.1) is 17.5 Å². The molecule has 8 heteroatoms. The maximum Gasteiger partial charge on any atom is 0.277 e. The number of benzene rings is 2. The van der Waals surface area contributed by atoms with Crippen molar-refractivity contribution in [2.45, 2.75) is 24.8 Å². The molecule has 1 unspecified atom stereocenters. The van der Waals surface area contributed by atoms with Crippen LogP contribution in [-0.2, 0) is 4.79 Å². The van der Waals surface area contributed by atoms with Gasteiger partial charge in [0, 0.05) is 22.9 Å². The van der Waals surface area contributed by atoms with Crippen LogP contribution in [0.15, 0.2) is 59.0 Å². The van der Waals surface area contributed by atoms with Gasteiger partial charge in [-0.25, -0.2) is 4.98 Å². The van der Waals surface area contributed by atoms with Crippen molar-refractivity contribution < 1.29 is 14.0 Å². The molecule has 1 saturated heterocycles. The van der Waals surface area contributed by atoms with E-state index in [0.29, 0.717) is 40.2 Å². The molecular weight excluding hydrogens is 424 g/mol. The molecule has 1 aliphatic heterocycles. The second-order valence-corrected chi connectivity index (χ2v) is 8.84. The first-order chi connectivity index (χ1) is 15.6. The molecule has 1 aliphatic carbocycles. The molecule has 3 aromatic rings. The molecule has 2 aliphatic rings. The highest BCUT2D eigenvalue weighted by Crippen LogP contribution is 2.43. The summed E-state index contributed by atoms with van der Waals surface area (Å²) < 4.78 is 6.03. The van der Waals surface area contributed by atoms with E-state index in [1.807, 2.05) is 30.3 Å². The minimum Gasteiger partial charge on any atom is -0.440 e. The second kappa shape index (κ2) is 8.52. The molecule has 2 heterocycles. The van der Waals surface area contributed by atoms with Gasteiger partial charge in [-0.15, -0.1) is 11.8 Å². The van der Waals surface area contributed by atoms with Gasteiger partial charge in [0.15, 0.2) is 5.69 Å². The van der Waals surface area contributed by atoms with Gasteiger partial charge in [-0.05, 0) is 49.2 Å². The van der Waals surface area contributed by atoms with Crippen LogP contribution in [-0.4, -0.2) is 39.4 Å². The molecule has 160 valence electrons. The highest BCUT2D eigenvalue weighted by atomic mass is 32.2. The molecule has 0 bridgehead atoms. The van der Waals surface area contributed by atoms with Gasteiger partial charge in [-0.3, -0.25) is 9.59 Å². The molecule has 7 nitrogen and oxygen atoms in total. The van der Waals surface area contributed by atoms with Gasteiger partial charge in [0.1, 0.15) is 11.8 Å². The van der Waals surface area contributed by atoms with Crippen LogP contribution < -0.4 is 5.32 Å². The van der Waals surface area contributed by atoms with Crippen molar-refractivity contribution in [1.82, 2.24) is 9.88 Å². The summed E-state index contributed by atoms with van der Waals surface area (Å²) in [6, 6.07) is 17.6. The number of nitrogens with one attached hydrogen (secondary N) is 1. The summed E-state index contributed by atoms with van der Waals surface area (Å²) in [5.41, 5.74) is 2.23. The van der Waals surface area contributed by atoms with Crippen molar-refractivity contribution >= 4 is 29.3 Å². The molecule has 1 atom stereocenters. The Labute approximate surface area is 189 Å². The number of nitriles is 1. The Morgan fingerprint density at radius 3 is 2.56 bits per heavy atom. The first-order valence-electron chi connectivity index (χ1n) is 10.4. The summed E-state index contributed by atoms with van der Waals surface area (Å²) in [4.78, 5) is 32.5. The van der Waals surface area contributed by atoms with Gasteiger partial charge in [0.2, 0.25) is 11.8 Å². The summed E-state index contributed by atoms with van der Waals surface area (Å²) in [5.74, 6) is 1.66. The summed E-state index contributed by atoms with van der Waals surface area (Å²) in [7, 11) is 0. The standard InChI is InChI=1S/C24H20N4O3S/c25-12-15-6-10-18(11-7-15)26-22(29)19-13-32-14-28(19)24(30)20-21(16-8-9-16)31-23(27-20)17-4-2-1-3-5-17/h1-7,10-11,16,19H,8-9,13-14H2,(H,26,29). The predicted octanol–water partition coefficient (Wildman–Crippen LogP) is 4.24. The lowest BCUT2D eigenvalue weighted by molar-refractivity contribution is -0.119. The number of hydrogen-bond acceptors (Lipinski definition) is 6. The molecule has 5 rings (SSSR count). The predicted molar refractivity (Wildman–Crippen MR) is 121 cm³/mol. The van der Waals surface area contributed by atoms with Crippen molar-refractivity contribution in [3.63, 3.8) is 0 Å². The average molecular weight is 445 g/mol. The zero-order chi connectivity index (χ0) is 22.1. The fraction of sp³-hybridized carbons (Fsp3) is 0.250. The molecule has 0 spiro atoms. The summed E-state index contributed by atoms with van der Waals surface area (Å²) in [5, 5.41) is 11.8. The fourth-order valence-corrected chi connectivity index (χ4v) is 4.82. The van der Waals surface area contributed by atoms with Gasteiger partial charge < -0.3 is 14.6 Å². The average Bonchev–Trinajstić information content (AvgIpc) is 3.38. The molecule has 2 amide bonds. The zero-order valence-corrected chi connectivity index (χ0v) is 18.0. The molecule has 1 N–H and O–H groups in total. The topological polar surface area (TPSA) is 99.2 Å². The Hall–Kier alpha value is -3.57. The van der Waals surface area contributed by atoms with Gasteiger partial charge in [0.25, 0.3) is 5.91 Å². The van der Waals surface area contributed by atoms with Crippen LogP contribution in [0.3, 0.4) is 0 Å². The highest BCUT2D eigenvalue weighted by molar-refractivity contribution is 7.99. The Morgan fingerprint density at radius 1 is 1.12 bits per heavy atom. The smallest absolute Gasteiger partial charge is 0.277 e. The van der Waals surface area contributed by atoms with Crippen molar-refractivity contribution in [3.05, 3.63) is 71.6 Å². The number of oxazole rings is 1. The third kappa shape index (κ3) is 3.99. The number of hydrogen-bond donors (Lipinski definition) is 1. The number of thioether (sulfide) groups is 1. The van der Waals surface area contributed by atoms with E-state index >= 15 is 0 Å². The summed E-state index contributed by atoms with van der Waals surface area (Å²) in [6.07, 6.45) is 1.95. The van der Waals surface area contributed by atoms with Gasteiger partial charge in [-0.1, -0.05) is 18.2 Å². The molecular formula is C24H20N4O3S. The Morgan fingerprint density at radius 2 is 1.88 bits per heavy atom. The molecule has 0 radical (unpaired) electrons. The van der Waals surface area contributed by atoms with Crippen LogP contribution in [0.4, 0.5) is 5.69 Å². The van der Waals surface area contributed by atoms with Crippen LogP contribution in [0.5, 0.6) is 0 Å². The number of anilines is 1. The van der Waals surface area contributed by atoms with Crippen molar-refractivity contribution in [2.75, 3.05) is 16.9 Å². The SMILES string of the molecule is N#Cc1ccc(NC(=O)C2CSCN2C(=O)c2nc(-c3ccccc3)oc2C2CC2)cc1. The van der Waals surface area contributed by atoms with E-state index in [2.05, 4.69) is 16.4 Å². The van der Waals surface area contributed by atoms with E-state index in [1.54, 1.807) is 29.2 Å². The van der Waals surface area contributed by atoms with Crippen LogP contribution in [0.25, 0.3) is 11.5 Å². The lowest BCUT2D eigenvalue weighted by Gasteiger charge is -2.22. The first-order valence-corrected chi connectivity index (χ1v) is 11.6. The fourth-order valence-electron chi connectivity index (χ4n) is 3.66. The molecule has 2 aromatic carbocycles. The van der Waals surface area contributed by atoms with Crippen molar-refractivity contribution in [3.8, 4) is 17.5 Å². The van der Waals surface area contributed by atoms with Crippen LogP contribution in [0, 0.1) is 11.3 Å². The lowest BCUT2D eigenvalue weighted by atomic mass is 10.2. The van der Waals surface area contributed by atoms with E-state index in [4.69, 9.17) is 9.68 Å². The largest absolute Gasteiger partial charge is 0.440 e. The molecule has 2 fully saturated rings. The van der Waals surface area contributed by atoms with Crippen molar-refractivity contribution in [2.24, 2.45) is 0 Å². The third-order valence-corrected chi connectivity index (χ3v) is 6.56. The minimum atomic E-state index is -0.605. The second-order valence-electron chi connectivity index (χ2n) is 7.84. The van der Waals surface area contributed by atoms with Gasteiger partial charge >= 0.3 is 0 Å². The Kier molecular flexibility index (Phi) is 5.41. The zero-order valence-electron chi connectivity index (χ0n) is 17.2. The number of rotatable bonds is 5. The number of carbonyl (C=O) groups is 2. The molecule has 32 heavy (non-hydrogen) atoms. The third-order valence-electron chi connectivity index (χ3n) is 5.55. The van der Waals surface area contributed by atoms with E-state index in [0.717, 1.165) is 18.4 Å². The van der Waals surface area contributed by atoms with E-state index in [9.17, 15) is 9.59 Å². The minimum absolute atomic E-state index is 0.208. The highest BCUT2D eigenvalue weighted by Gasteiger charge is 2.40. The summed E-state index contributed by atoms with van der Waals surface area (Å²) >= 11 is 1.53. The first kappa shape index (κ1) is 20.3. The van der Waals surface area contributed by atoms with Crippen LogP contribution in [0.2, 0.25) is 0 Å². The number of carbonyl (C=O) groups excluding carboxylic acids is 2. The van der Waals surface area contributed by atoms with Crippen LogP contribution >= 0.6 is 11.8 Å². The summed E-state index contributed by atoms with van der Waals surface area (Å²) in [6.45, 7) is 0. The maximum atomic E-state index is 13.5. The number of amides is 2. The molecule has 1 aromatic heterocycles. The lowest BCUT2D eigenvalue weighted by Crippen LogP contribution is -2.44. The van der Waals surface area contributed by atoms with Crippen LogP contribution in [0.1, 0.15) is 40.6 Å². The Balaban J connectivity index is 1.38. The van der Waals surface area contributed by atoms with E-state index < -0.39 is 6.04 Å². The van der Waals surface area contributed by atoms with Crippen molar-refractivity contribution in [1.29, 1.82) is 5.26 Å². The maximum absolute atomic E-state index is 13.5. The van der Waals surface area contributed by atoms with E-state index in [-0.39, 0.29) is 17.7 Å². The number of aromatic nitrogens is 1. The van der Waals surface area contributed by atoms with Gasteiger partial charge in [-0.2, -0.15) is 5.26 Å². The van der Waals surface area contributed by atoms with E-state index in [1.165, 1.54) is 11.8 Å². The Bertz CT molecular complexity index is 1200.